The number of nitrogens with two attached hydrogens (primary N) is 1. The Morgan fingerprint density at radius 1 is 1.42 bits per heavy atom. The number of rotatable bonds is 9. The van der Waals surface area contributed by atoms with Crippen LogP contribution in [0, 0.1) is 5.92 Å². The van der Waals surface area contributed by atoms with Crippen molar-refractivity contribution in [1.29, 1.82) is 0 Å². The second kappa shape index (κ2) is 10.4. The first-order chi connectivity index (χ1) is 8.97. The average molecular weight is 267 g/mol. The lowest BCUT2D eigenvalue weighted by Gasteiger charge is -2.08. The number of aliphatic carboxylic acids is 1. The summed E-state index contributed by atoms with van der Waals surface area (Å²) in [6, 6.07) is -0.850. The van der Waals surface area contributed by atoms with E-state index in [0.29, 0.717) is 18.9 Å². The molecule has 0 saturated carbocycles. The van der Waals surface area contributed by atoms with Crippen molar-refractivity contribution in [3.05, 3.63) is 36.1 Å². The highest BCUT2D eigenvalue weighted by molar-refractivity contribution is 5.73. The molecule has 3 N–H and O–H groups in total. The van der Waals surface area contributed by atoms with Crippen LogP contribution in [0.15, 0.2) is 36.1 Å². The van der Waals surface area contributed by atoms with E-state index in [1.165, 1.54) is 0 Å². The SMILES string of the molecule is C\C=C/C(=C\C=C\C[C@H](N)C(=O)O)OCCC(C)C. The molecule has 0 aromatic heterocycles. The van der Waals surface area contributed by atoms with E-state index >= 15 is 0 Å². The van der Waals surface area contributed by atoms with E-state index < -0.39 is 12.0 Å². The molecule has 0 saturated heterocycles. The second-order valence-corrected chi connectivity index (χ2v) is 4.71. The Morgan fingerprint density at radius 3 is 2.63 bits per heavy atom. The van der Waals surface area contributed by atoms with Crippen LogP contribution >= 0.6 is 0 Å². The van der Waals surface area contributed by atoms with Crippen molar-refractivity contribution in [2.24, 2.45) is 11.7 Å². The molecule has 4 nitrogen and oxygen atoms in total. The Labute approximate surface area is 115 Å². The molecule has 4 heteroatoms. The standard InChI is InChI=1S/C15H25NO3/c1-4-7-13(19-11-10-12(2)3)8-5-6-9-14(16)15(17)18/h4-8,12,14H,9-11,16H2,1-3H3,(H,17,18)/b6-5+,7-4-,13-8+/t14-/m0/s1. The van der Waals surface area contributed by atoms with Gasteiger partial charge in [-0.1, -0.05) is 32.1 Å². The van der Waals surface area contributed by atoms with Gasteiger partial charge in [-0.15, -0.1) is 0 Å². The molecule has 0 bridgehead atoms. The highest BCUT2D eigenvalue weighted by atomic mass is 16.5. The summed E-state index contributed by atoms with van der Waals surface area (Å²) in [7, 11) is 0. The van der Waals surface area contributed by atoms with Gasteiger partial charge in [0.25, 0.3) is 0 Å². The van der Waals surface area contributed by atoms with Crippen LogP contribution in [-0.4, -0.2) is 23.7 Å². The third-order valence-corrected chi connectivity index (χ3v) is 2.40. The van der Waals surface area contributed by atoms with Crippen molar-refractivity contribution < 1.29 is 14.6 Å². The summed E-state index contributed by atoms with van der Waals surface area (Å²) in [5, 5.41) is 8.63. The minimum absolute atomic E-state index is 0.306. The molecule has 0 rings (SSSR count). The van der Waals surface area contributed by atoms with Crippen molar-refractivity contribution in [2.45, 2.75) is 39.7 Å². The fraction of sp³-hybridized carbons (Fsp3) is 0.533. The van der Waals surface area contributed by atoms with E-state index in [0.717, 1.165) is 12.2 Å². The van der Waals surface area contributed by atoms with E-state index in [2.05, 4.69) is 13.8 Å². The summed E-state index contributed by atoms with van der Waals surface area (Å²) < 4.78 is 5.62. The molecule has 0 aliphatic heterocycles. The Bertz CT molecular complexity index is 343. The zero-order chi connectivity index (χ0) is 14.7. The number of ether oxygens (including phenoxy) is 1. The van der Waals surface area contributed by atoms with E-state index in [1.807, 2.05) is 25.2 Å². The number of hydrogen-bond donors (Lipinski definition) is 2. The monoisotopic (exact) mass is 267 g/mol. The van der Waals surface area contributed by atoms with Crippen LogP contribution in [0.3, 0.4) is 0 Å². The highest BCUT2D eigenvalue weighted by Crippen LogP contribution is 2.06. The summed E-state index contributed by atoms with van der Waals surface area (Å²) in [6.07, 6.45) is 10.4. The zero-order valence-corrected chi connectivity index (χ0v) is 12.0. The number of allylic oxidation sites excluding steroid dienone is 4. The van der Waals surface area contributed by atoms with E-state index in [1.54, 1.807) is 12.2 Å². The van der Waals surface area contributed by atoms with Crippen LogP contribution in [0.2, 0.25) is 0 Å². The largest absolute Gasteiger partial charge is 0.494 e. The Hall–Kier alpha value is -1.55. The van der Waals surface area contributed by atoms with Crippen molar-refractivity contribution >= 4 is 5.97 Å². The zero-order valence-electron chi connectivity index (χ0n) is 12.0. The van der Waals surface area contributed by atoms with Crippen LogP contribution in [0.4, 0.5) is 0 Å². The predicted molar refractivity (Wildman–Crippen MR) is 77.7 cm³/mol. The number of carboxylic acid groups (broad SMARTS) is 1. The molecule has 108 valence electrons. The van der Waals surface area contributed by atoms with Crippen LogP contribution < -0.4 is 5.73 Å². The van der Waals surface area contributed by atoms with Gasteiger partial charge in [0, 0.05) is 0 Å². The molecule has 0 aliphatic carbocycles. The molecule has 1 atom stereocenters. The van der Waals surface area contributed by atoms with Gasteiger partial charge < -0.3 is 15.6 Å². The van der Waals surface area contributed by atoms with Crippen molar-refractivity contribution in [3.8, 4) is 0 Å². The topological polar surface area (TPSA) is 72.6 Å². The molecular formula is C15H25NO3. The first kappa shape index (κ1) is 17.4. The molecule has 0 spiro atoms. The molecule has 0 aromatic rings. The molecule has 0 unspecified atom stereocenters. The summed E-state index contributed by atoms with van der Waals surface area (Å²) in [4.78, 5) is 10.5. The maximum absolute atomic E-state index is 10.5. The highest BCUT2D eigenvalue weighted by Gasteiger charge is 2.07. The lowest BCUT2D eigenvalue weighted by atomic mass is 10.1. The molecule has 0 heterocycles. The van der Waals surface area contributed by atoms with E-state index in [9.17, 15) is 4.79 Å². The molecule has 0 amide bonds. The van der Waals surface area contributed by atoms with Gasteiger partial charge in [0.05, 0.1) is 6.61 Å². The van der Waals surface area contributed by atoms with Crippen molar-refractivity contribution in [1.82, 2.24) is 0 Å². The third-order valence-electron chi connectivity index (χ3n) is 2.40. The van der Waals surface area contributed by atoms with E-state index in [-0.39, 0.29) is 0 Å². The van der Waals surface area contributed by atoms with Gasteiger partial charge in [-0.3, -0.25) is 4.79 Å². The van der Waals surface area contributed by atoms with Crippen molar-refractivity contribution in [3.63, 3.8) is 0 Å². The summed E-state index contributed by atoms with van der Waals surface area (Å²) in [6.45, 7) is 6.89. The summed E-state index contributed by atoms with van der Waals surface area (Å²) in [5.41, 5.74) is 5.39. The molecule has 0 radical (unpaired) electrons. The van der Waals surface area contributed by atoms with Crippen LogP contribution in [0.5, 0.6) is 0 Å². The fourth-order valence-corrected chi connectivity index (χ4v) is 1.22. The Kier molecular flexibility index (Phi) is 9.53. The maximum atomic E-state index is 10.5. The summed E-state index contributed by atoms with van der Waals surface area (Å²) in [5.74, 6) is 0.384. The van der Waals surface area contributed by atoms with Gasteiger partial charge in [0.2, 0.25) is 0 Å². The Morgan fingerprint density at radius 2 is 2.11 bits per heavy atom. The fourth-order valence-electron chi connectivity index (χ4n) is 1.22. The van der Waals surface area contributed by atoms with Crippen molar-refractivity contribution in [2.75, 3.05) is 6.61 Å². The second-order valence-electron chi connectivity index (χ2n) is 4.71. The normalized spacial score (nSPS) is 14.5. The maximum Gasteiger partial charge on any atom is 0.320 e. The molecule has 0 fully saturated rings. The molecular weight excluding hydrogens is 242 g/mol. The molecule has 0 aliphatic rings. The first-order valence-corrected chi connectivity index (χ1v) is 6.58. The predicted octanol–water partition coefficient (Wildman–Crippen LogP) is 2.87. The lowest BCUT2D eigenvalue weighted by molar-refractivity contribution is -0.138. The van der Waals surface area contributed by atoms with Gasteiger partial charge in [-0.25, -0.2) is 0 Å². The number of carbonyl (C=O) groups is 1. The van der Waals surface area contributed by atoms with Gasteiger partial charge in [0.15, 0.2) is 0 Å². The van der Waals surface area contributed by atoms with E-state index in [4.69, 9.17) is 15.6 Å². The van der Waals surface area contributed by atoms with Gasteiger partial charge in [-0.05, 0) is 37.8 Å². The smallest absolute Gasteiger partial charge is 0.320 e. The lowest BCUT2D eigenvalue weighted by Crippen LogP contribution is -2.29. The van der Waals surface area contributed by atoms with Crippen LogP contribution in [0.1, 0.15) is 33.6 Å². The number of carboxylic acids is 1. The summed E-state index contributed by atoms with van der Waals surface area (Å²) >= 11 is 0. The van der Waals surface area contributed by atoms with Crippen LogP contribution in [-0.2, 0) is 9.53 Å². The molecule has 0 aromatic carbocycles. The minimum Gasteiger partial charge on any atom is -0.494 e. The number of hydrogen-bond acceptors (Lipinski definition) is 3. The van der Waals surface area contributed by atoms with Gasteiger partial charge in [0.1, 0.15) is 11.8 Å². The Balaban J connectivity index is 4.25. The quantitative estimate of drug-likeness (QED) is 0.497. The van der Waals surface area contributed by atoms with Gasteiger partial charge >= 0.3 is 5.97 Å². The average Bonchev–Trinajstić information content (AvgIpc) is 2.33. The third kappa shape index (κ3) is 10.1. The molecule has 19 heavy (non-hydrogen) atoms. The minimum atomic E-state index is -0.990. The van der Waals surface area contributed by atoms with Crippen LogP contribution in [0.25, 0.3) is 0 Å². The first-order valence-electron chi connectivity index (χ1n) is 6.58. The van der Waals surface area contributed by atoms with Gasteiger partial charge in [-0.2, -0.15) is 0 Å².